The van der Waals surface area contributed by atoms with Gasteiger partial charge in [-0.2, -0.15) is 0 Å². The van der Waals surface area contributed by atoms with Crippen molar-refractivity contribution < 1.29 is 23.9 Å². The van der Waals surface area contributed by atoms with Crippen molar-refractivity contribution in [2.45, 2.75) is 6.92 Å². The van der Waals surface area contributed by atoms with E-state index in [1.165, 1.54) is 6.08 Å². The molecule has 3 aromatic carbocycles. The highest BCUT2D eigenvalue weighted by Gasteiger charge is 2.36. The van der Waals surface area contributed by atoms with E-state index in [1.54, 1.807) is 54.6 Å². The number of carbonyl (C=O) groups is 3. The van der Waals surface area contributed by atoms with E-state index in [1.807, 2.05) is 31.2 Å². The molecule has 3 aromatic rings. The molecule has 0 saturated heterocycles. The number of hydrogen-bond acceptors (Lipinski definition) is 5. The van der Waals surface area contributed by atoms with Gasteiger partial charge in [-0.1, -0.05) is 24.3 Å². The first-order valence-corrected chi connectivity index (χ1v) is 9.77. The van der Waals surface area contributed by atoms with E-state index >= 15 is 0 Å². The molecule has 31 heavy (non-hydrogen) atoms. The van der Waals surface area contributed by atoms with Gasteiger partial charge in [0.1, 0.15) is 11.5 Å². The minimum Gasteiger partial charge on any atom is -0.494 e. The first kappa shape index (κ1) is 20.1. The maximum atomic E-state index is 12.6. The summed E-state index contributed by atoms with van der Waals surface area (Å²) in [6.07, 6.45) is 2.97. The van der Waals surface area contributed by atoms with Crippen molar-refractivity contribution in [3.05, 3.63) is 95.6 Å². The van der Waals surface area contributed by atoms with Crippen molar-refractivity contribution in [1.29, 1.82) is 0 Å². The SMILES string of the molecule is CCOc1ccc(/C=C/C(=O)Oc2ccc(N3C(=O)c4ccccc4C3=O)cc2)cc1. The highest BCUT2D eigenvalue weighted by molar-refractivity contribution is 6.34. The average molecular weight is 413 g/mol. The summed E-state index contributed by atoms with van der Waals surface area (Å²) in [4.78, 5) is 38.3. The third kappa shape index (κ3) is 4.23. The Hall–Kier alpha value is -4.19. The molecule has 4 rings (SSSR count). The lowest BCUT2D eigenvalue weighted by Crippen LogP contribution is -2.29. The summed E-state index contributed by atoms with van der Waals surface area (Å²) in [7, 11) is 0. The largest absolute Gasteiger partial charge is 0.494 e. The molecule has 6 heteroatoms. The van der Waals surface area contributed by atoms with Gasteiger partial charge in [0.2, 0.25) is 0 Å². The number of rotatable bonds is 6. The third-order valence-electron chi connectivity index (χ3n) is 4.71. The Balaban J connectivity index is 1.40. The van der Waals surface area contributed by atoms with E-state index in [0.29, 0.717) is 29.2 Å². The summed E-state index contributed by atoms with van der Waals surface area (Å²) in [5.74, 6) is -0.211. The van der Waals surface area contributed by atoms with Gasteiger partial charge < -0.3 is 9.47 Å². The maximum absolute atomic E-state index is 12.6. The molecule has 0 spiro atoms. The molecule has 1 heterocycles. The van der Waals surface area contributed by atoms with E-state index in [9.17, 15) is 14.4 Å². The van der Waals surface area contributed by atoms with Crippen LogP contribution in [0.3, 0.4) is 0 Å². The van der Waals surface area contributed by atoms with Gasteiger partial charge in [-0.15, -0.1) is 0 Å². The van der Waals surface area contributed by atoms with E-state index in [2.05, 4.69) is 0 Å². The first-order chi connectivity index (χ1) is 15.1. The Kier molecular flexibility index (Phi) is 5.62. The molecule has 0 unspecified atom stereocenters. The third-order valence-corrected chi connectivity index (χ3v) is 4.71. The second-order valence-corrected chi connectivity index (χ2v) is 6.74. The molecule has 0 saturated carbocycles. The number of amides is 2. The summed E-state index contributed by atoms with van der Waals surface area (Å²) in [5.41, 5.74) is 2.00. The van der Waals surface area contributed by atoms with E-state index < -0.39 is 5.97 Å². The number of fused-ring (bicyclic) bond motifs is 1. The fourth-order valence-corrected chi connectivity index (χ4v) is 3.24. The fraction of sp³-hybridized carbons (Fsp3) is 0.0800. The number of benzene rings is 3. The second kappa shape index (κ2) is 8.67. The minimum absolute atomic E-state index is 0.307. The Bertz CT molecular complexity index is 1130. The number of nitrogens with zero attached hydrogens (tertiary/aromatic N) is 1. The van der Waals surface area contributed by atoms with Crippen molar-refractivity contribution >= 4 is 29.5 Å². The maximum Gasteiger partial charge on any atom is 0.336 e. The molecule has 154 valence electrons. The van der Waals surface area contributed by atoms with Gasteiger partial charge in [0, 0.05) is 6.08 Å². The molecule has 0 aromatic heterocycles. The molecule has 0 radical (unpaired) electrons. The van der Waals surface area contributed by atoms with Crippen molar-refractivity contribution in [1.82, 2.24) is 0 Å². The van der Waals surface area contributed by atoms with Crippen LogP contribution in [0, 0.1) is 0 Å². The summed E-state index contributed by atoms with van der Waals surface area (Å²) < 4.78 is 10.7. The number of ether oxygens (including phenoxy) is 2. The molecule has 0 fully saturated rings. The van der Waals surface area contributed by atoms with Crippen LogP contribution in [0.1, 0.15) is 33.2 Å². The van der Waals surface area contributed by atoms with E-state index in [-0.39, 0.29) is 11.8 Å². The van der Waals surface area contributed by atoms with Crippen LogP contribution in [0.2, 0.25) is 0 Å². The lowest BCUT2D eigenvalue weighted by atomic mass is 10.1. The highest BCUT2D eigenvalue weighted by Crippen LogP contribution is 2.29. The van der Waals surface area contributed by atoms with Gasteiger partial charge in [0.05, 0.1) is 23.4 Å². The monoisotopic (exact) mass is 413 g/mol. The molecule has 0 aliphatic carbocycles. The van der Waals surface area contributed by atoms with Crippen molar-refractivity contribution in [3.63, 3.8) is 0 Å². The molecule has 0 bridgehead atoms. The number of esters is 1. The molecular weight excluding hydrogens is 394 g/mol. The van der Waals surface area contributed by atoms with Gasteiger partial charge in [-0.3, -0.25) is 9.59 Å². The lowest BCUT2D eigenvalue weighted by Gasteiger charge is -2.14. The minimum atomic E-state index is -0.539. The number of carbonyl (C=O) groups excluding carboxylic acids is 3. The van der Waals surface area contributed by atoms with Crippen LogP contribution in [-0.2, 0) is 4.79 Å². The summed E-state index contributed by atoms with van der Waals surface area (Å²) >= 11 is 0. The first-order valence-electron chi connectivity index (χ1n) is 9.77. The van der Waals surface area contributed by atoms with Crippen LogP contribution in [0.4, 0.5) is 5.69 Å². The second-order valence-electron chi connectivity index (χ2n) is 6.74. The predicted molar refractivity (Wildman–Crippen MR) is 116 cm³/mol. The quantitative estimate of drug-likeness (QED) is 0.257. The summed E-state index contributed by atoms with van der Waals surface area (Å²) in [6.45, 7) is 2.50. The van der Waals surface area contributed by atoms with Crippen LogP contribution < -0.4 is 14.4 Å². The Morgan fingerprint density at radius 2 is 1.42 bits per heavy atom. The zero-order valence-electron chi connectivity index (χ0n) is 16.8. The topological polar surface area (TPSA) is 72.9 Å². The Morgan fingerprint density at radius 3 is 2.00 bits per heavy atom. The molecule has 0 N–H and O–H groups in total. The zero-order valence-corrected chi connectivity index (χ0v) is 16.8. The van der Waals surface area contributed by atoms with Gasteiger partial charge in [0.15, 0.2) is 0 Å². The molecule has 2 amide bonds. The molecule has 1 aliphatic heterocycles. The zero-order chi connectivity index (χ0) is 21.8. The molecule has 0 atom stereocenters. The molecule has 1 aliphatic rings. The van der Waals surface area contributed by atoms with Gasteiger partial charge in [-0.25, -0.2) is 9.69 Å². The highest BCUT2D eigenvalue weighted by atomic mass is 16.5. The normalized spacial score (nSPS) is 12.9. The van der Waals surface area contributed by atoms with Gasteiger partial charge in [0.25, 0.3) is 11.8 Å². The summed E-state index contributed by atoms with van der Waals surface area (Å²) in [6, 6.07) is 20.2. The van der Waals surface area contributed by atoms with Crippen LogP contribution in [-0.4, -0.2) is 24.4 Å². The van der Waals surface area contributed by atoms with E-state index in [0.717, 1.165) is 16.2 Å². The van der Waals surface area contributed by atoms with Crippen molar-refractivity contribution in [2.75, 3.05) is 11.5 Å². The van der Waals surface area contributed by atoms with Crippen LogP contribution in [0.5, 0.6) is 11.5 Å². The van der Waals surface area contributed by atoms with Crippen molar-refractivity contribution in [3.8, 4) is 11.5 Å². The van der Waals surface area contributed by atoms with Crippen molar-refractivity contribution in [2.24, 2.45) is 0 Å². The van der Waals surface area contributed by atoms with Crippen LogP contribution in [0.25, 0.3) is 6.08 Å². The Labute approximate surface area is 179 Å². The van der Waals surface area contributed by atoms with Crippen LogP contribution in [0.15, 0.2) is 78.9 Å². The predicted octanol–water partition coefficient (Wildman–Crippen LogP) is 4.50. The van der Waals surface area contributed by atoms with E-state index in [4.69, 9.17) is 9.47 Å². The lowest BCUT2D eigenvalue weighted by molar-refractivity contribution is -0.128. The molecule has 6 nitrogen and oxygen atoms in total. The standard InChI is InChI=1S/C25H19NO5/c1-2-30-19-12-7-17(8-13-19)9-16-23(27)31-20-14-10-18(11-15-20)26-24(28)21-5-3-4-6-22(21)25(26)29/h3-16H,2H2,1H3/b16-9+. The Morgan fingerprint density at radius 1 is 0.839 bits per heavy atom. The van der Waals surface area contributed by atoms with Gasteiger partial charge >= 0.3 is 5.97 Å². The number of hydrogen-bond donors (Lipinski definition) is 0. The smallest absolute Gasteiger partial charge is 0.336 e. The van der Waals surface area contributed by atoms with Gasteiger partial charge in [-0.05, 0) is 67.1 Å². The average Bonchev–Trinajstić information content (AvgIpc) is 3.04. The fourth-order valence-electron chi connectivity index (χ4n) is 3.24. The molecular formula is C25H19NO5. The van der Waals surface area contributed by atoms with Crippen LogP contribution >= 0.6 is 0 Å². The number of anilines is 1. The summed E-state index contributed by atoms with van der Waals surface area (Å²) in [5, 5.41) is 0. The number of imide groups is 1.